The third kappa shape index (κ3) is 10.1. The molecule has 0 aromatic heterocycles. The first-order valence-corrected chi connectivity index (χ1v) is 11.7. The normalized spacial score (nSPS) is 12.7. The predicted molar refractivity (Wildman–Crippen MR) is 89.9 cm³/mol. The van der Waals surface area contributed by atoms with Gasteiger partial charge in [0.25, 0.3) is 0 Å². The van der Waals surface area contributed by atoms with Crippen LogP contribution in [0.25, 0.3) is 0 Å². The van der Waals surface area contributed by atoms with Crippen molar-refractivity contribution in [2.24, 2.45) is 0 Å². The van der Waals surface area contributed by atoms with E-state index in [9.17, 15) is 9.13 Å². The highest BCUT2D eigenvalue weighted by atomic mass is 31.2. The number of rotatable bonds is 15. The Kier molecular flexibility index (Phi) is 12.9. The summed E-state index contributed by atoms with van der Waals surface area (Å²) in [6.45, 7) is 8.81. The van der Waals surface area contributed by atoms with Gasteiger partial charge in [-0.1, -0.05) is 12.8 Å². The van der Waals surface area contributed by atoms with E-state index in [0.717, 1.165) is 25.7 Å². The van der Waals surface area contributed by atoms with Crippen LogP contribution in [0.5, 0.6) is 0 Å². The van der Waals surface area contributed by atoms with E-state index in [1.807, 2.05) is 27.7 Å². The Labute approximate surface area is 135 Å². The highest BCUT2D eigenvalue weighted by Gasteiger charge is 2.24. The fourth-order valence-corrected chi connectivity index (χ4v) is 5.54. The van der Waals surface area contributed by atoms with Crippen LogP contribution in [-0.2, 0) is 27.2 Å². The summed E-state index contributed by atoms with van der Waals surface area (Å²) in [6.07, 6.45) is 4.19. The van der Waals surface area contributed by atoms with Crippen LogP contribution in [0.4, 0.5) is 0 Å². The third-order valence-electron chi connectivity index (χ3n) is 2.92. The van der Waals surface area contributed by atoms with Gasteiger partial charge in [0.05, 0.1) is 38.8 Å². The quantitative estimate of drug-likeness (QED) is 0.300. The Morgan fingerprint density at radius 2 is 0.818 bits per heavy atom. The summed E-state index contributed by atoms with van der Waals surface area (Å²) in [5, 5.41) is 0. The summed E-state index contributed by atoms with van der Waals surface area (Å²) in [5.41, 5.74) is 0. The molecular weight excluding hydrogens is 326 g/mol. The van der Waals surface area contributed by atoms with Crippen molar-refractivity contribution < 1.29 is 27.2 Å². The lowest BCUT2D eigenvalue weighted by Gasteiger charge is -2.17. The zero-order valence-electron chi connectivity index (χ0n) is 14.4. The molecule has 0 saturated heterocycles. The number of hydrogen-bond acceptors (Lipinski definition) is 6. The zero-order valence-corrected chi connectivity index (χ0v) is 16.2. The van der Waals surface area contributed by atoms with Gasteiger partial charge in [-0.2, -0.15) is 0 Å². The van der Waals surface area contributed by atoms with Crippen LogP contribution < -0.4 is 0 Å². The summed E-state index contributed by atoms with van der Waals surface area (Å²) in [4.78, 5) is 0. The second-order valence-electron chi connectivity index (χ2n) is 4.75. The van der Waals surface area contributed by atoms with E-state index < -0.39 is 15.2 Å². The molecule has 0 heterocycles. The van der Waals surface area contributed by atoms with E-state index in [4.69, 9.17) is 18.1 Å². The van der Waals surface area contributed by atoms with Gasteiger partial charge in [-0.05, 0) is 40.5 Å². The molecule has 0 aliphatic rings. The molecule has 0 aromatic carbocycles. The SMILES string of the molecule is CCOP(=O)(CCCCCCP(=O)(OCC)OCC)OCC. The summed E-state index contributed by atoms with van der Waals surface area (Å²) in [7, 11) is -5.85. The largest absolute Gasteiger partial charge is 0.330 e. The second-order valence-corrected chi connectivity index (χ2v) is 9.13. The molecule has 0 N–H and O–H groups in total. The molecule has 22 heavy (non-hydrogen) atoms. The third-order valence-corrected chi connectivity index (χ3v) is 7.25. The Balaban J connectivity index is 3.96. The van der Waals surface area contributed by atoms with Crippen LogP contribution >= 0.6 is 15.2 Å². The van der Waals surface area contributed by atoms with Gasteiger partial charge in [-0.3, -0.25) is 9.13 Å². The average molecular weight is 358 g/mol. The predicted octanol–water partition coefficient (Wildman–Crippen LogP) is 5.08. The topological polar surface area (TPSA) is 71.1 Å². The van der Waals surface area contributed by atoms with Crippen LogP contribution in [0.15, 0.2) is 0 Å². The Morgan fingerprint density at radius 3 is 1.05 bits per heavy atom. The Bertz CT molecular complexity index is 307. The van der Waals surface area contributed by atoms with Gasteiger partial charge in [0.2, 0.25) is 0 Å². The number of unbranched alkanes of at least 4 members (excludes halogenated alkanes) is 3. The monoisotopic (exact) mass is 358 g/mol. The maximum Gasteiger partial charge on any atom is 0.330 e. The molecule has 0 amide bonds. The van der Waals surface area contributed by atoms with Crippen LogP contribution in [0.3, 0.4) is 0 Å². The van der Waals surface area contributed by atoms with Crippen molar-refractivity contribution in [3.8, 4) is 0 Å². The highest BCUT2D eigenvalue weighted by molar-refractivity contribution is 7.54. The van der Waals surface area contributed by atoms with Gasteiger partial charge in [0.1, 0.15) is 0 Å². The van der Waals surface area contributed by atoms with Crippen molar-refractivity contribution in [3.63, 3.8) is 0 Å². The van der Waals surface area contributed by atoms with Gasteiger partial charge in [0.15, 0.2) is 0 Å². The maximum absolute atomic E-state index is 12.2. The van der Waals surface area contributed by atoms with Crippen molar-refractivity contribution >= 4 is 15.2 Å². The average Bonchev–Trinajstić information content (AvgIpc) is 2.44. The molecular formula is C14H32O6P2. The summed E-state index contributed by atoms with van der Waals surface area (Å²) in [5.74, 6) is 0. The lowest BCUT2D eigenvalue weighted by molar-refractivity contribution is 0.217. The van der Waals surface area contributed by atoms with Crippen LogP contribution in [0, 0.1) is 0 Å². The molecule has 0 bridgehead atoms. The van der Waals surface area contributed by atoms with Crippen molar-refractivity contribution in [3.05, 3.63) is 0 Å². The molecule has 6 nitrogen and oxygen atoms in total. The summed E-state index contributed by atoms with van der Waals surface area (Å²) < 4.78 is 45.5. The fraction of sp³-hybridized carbons (Fsp3) is 1.00. The molecule has 0 aliphatic carbocycles. The molecule has 134 valence electrons. The first-order valence-electron chi connectivity index (χ1n) is 8.21. The van der Waals surface area contributed by atoms with Crippen molar-refractivity contribution in [2.45, 2.75) is 53.4 Å². The molecule has 0 atom stereocenters. The van der Waals surface area contributed by atoms with Gasteiger partial charge in [-0.15, -0.1) is 0 Å². The molecule has 0 radical (unpaired) electrons. The van der Waals surface area contributed by atoms with Crippen LogP contribution in [0.2, 0.25) is 0 Å². The molecule has 0 saturated carbocycles. The lowest BCUT2D eigenvalue weighted by Crippen LogP contribution is -2.02. The standard InChI is InChI=1S/C14H32O6P2/c1-5-17-21(15,18-6-2)13-11-9-10-12-14-22(16,19-7-3)20-8-4/h5-14H2,1-4H3. The van der Waals surface area contributed by atoms with E-state index in [-0.39, 0.29) is 0 Å². The summed E-state index contributed by atoms with van der Waals surface area (Å²) >= 11 is 0. The van der Waals surface area contributed by atoms with Crippen molar-refractivity contribution in [1.82, 2.24) is 0 Å². The zero-order chi connectivity index (χ0) is 16.9. The molecule has 0 aliphatic heterocycles. The highest BCUT2D eigenvalue weighted by Crippen LogP contribution is 2.50. The van der Waals surface area contributed by atoms with E-state index in [0.29, 0.717) is 38.8 Å². The minimum atomic E-state index is -2.93. The van der Waals surface area contributed by atoms with E-state index >= 15 is 0 Å². The van der Waals surface area contributed by atoms with Crippen LogP contribution in [-0.4, -0.2) is 38.8 Å². The molecule has 8 heteroatoms. The molecule has 0 rings (SSSR count). The minimum absolute atomic E-state index is 0.392. The van der Waals surface area contributed by atoms with Crippen molar-refractivity contribution in [2.75, 3.05) is 38.8 Å². The number of hydrogen-bond donors (Lipinski definition) is 0. The molecule has 0 spiro atoms. The van der Waals surface area contributed by atoms with Crippen molar-refractivity contribution in [1.29, 1.82) is 0 Å². The molecule has 0 fully saturated rings. The first kappa shape index (κ1) is 22.3. The summed E-state index contributed by atoms with van der Waals surface area (Å²) in [6, 6.07) is 0. The van der Waals surface area contributed by atoms with E-state index in [1.54, 1.807) is 0 Å². The maximum atomic E-state index is 12.2. The first-order chi connectivity index (χ1) is 10.4. The minimum Gasteiger partial charge on any atom is -0.309 e. The fourth-order valence-electron chi connectivity index (χ4n) is 2.08. The van der Waals surface area contributed by atoms with Gasteiger partial charge >= 0.3 is 15.2 Å². The Hall–Kier alpha value is 0.300. The van der Waals surface area contributed by atoms with Gasteiger partial charge < -0.3 is 18.1 Å². The van der Waals surface area contributed by atoms with Crippen LogP contribution in [0.1, 0.15) is 53.4 Å². The van der Waals surface area contributed by atoms with E-state index in [1.165, 1.54) is 0 Å². The molecule has 0 unspecified atom stereocenters. The lowest BCUT2D eigenvalue weighted by atomic mass is 10.2. The van der Waals surface area contributed by atoms with Gasteiger partial charge in [-0.25, -0.2) is 0 Å². The second kappa shape index (κ2) is 12.7. The Morgan fingerprint density at radius 1 is 0.545 bits per heavy atom. The molecule has 0 aromatic rings. The smallest absolute Gasteiger partial charge is 0.309 e. The van der Waals surface area contributed by atoms with E-state index in [2.05, 4.69) is 0 Å². The van der Waals surface area contributed by atoms with Gasteiger partial charge in [0, 0.05) is 0 Å².